The van der Waals surface area contributed by atoms with Gasteiger partial charge in [0.2, 0.25) is 0 Å². The molecule has 2 aromatic carbocycles. The number of carbonyl (C=O) groups excluding carboxylic acids is 1. The Morgan fingerprint density at radius 2 is 1.79 bits per heavy atom. The van der Waals surface area contributed by atoms with Gasteiger partial charge in [0.15, 0.2) is 0 Å². The summed E-state index contributed by atoms with van der Waals surface area (Å²) in [5.74, 6) is 0.695. The number of nitrogens with zero attached hydrogens (tertiary/aromatic N) is 1. The van der Waals surface area contributed by atoms with Gasteiger partial charge in [0.05, 0.1) is 0 Å². The van der Waals surface area contributed by atoms with Gasteiger partial charge in [0.25, 0.3) is 5.91 Å². The van der Waals surface area contributed by atoms with Crippen LogP contribution in [0.25, 0.3) is 17.4 Å². The molecular weight excluding hydrogens is 360 g/mol. The first-order valence-corrected chi connectivity index (χ1v) is 9.78. The van der Waals surface area contributed by atoms with E-state index in [4.69, 9.17) is 4.42 Å². The van der Waals surface area contributed by atoms with Gasteiger partial charge in [-0.15, -0.1) is 0 Å². The number of nitrogens with one attached hydrogen (secondary N) is 1. The molecule has 4 nitrogen and oxygen atoms in total. The fourth-order valence-corrected chi connectivity index (χ4v) is 2.93. The molecule has 4 heteroatoms. The standard InChI is InChI=1S/C25H24N2O2/c1-3-4-5-19-8-12-22(13-9-19)27-25(28)21(17-26)16-23-14-15-24(29-23)20-10-6-18(2)7-11-20/h6-16H,3-5H2,1-2H3,(H,27,28)/b21-16+. The van der Waals surface area contributed by atoms with Crippen LogP contribution < -0.4 is 5.32 Å². The lowest BCUT2D eigenvalue weighted by Gasteiger charge is -2.06. The predicted molar refractivity (Wildman–Crippen MR) is 116 cm³/mol. The first-order valence-electron chi connectivity index (χ1n) is 9.78. The minimum absolute atomic E-state index is 0.00938. The number of aryl methyl sites for hydroxylation is 2. The van der Waals surface area contributed by atoms with E-state index in [0.717, 1.165) is 24.8 Å². The van der Waals surface area contributed by atoms with Crippen molar-refractivity contribution in [2.75, 3.05) is 5.32 Å². The molecule has 0 spiro atoms. The quantitative estimate of drug-likeness (QED) is 0.393. The highest BCUT2D eigenvalue weighted by Gasteiger charge is 2.11. The number of hydrogen-bond acceptors (Lipinski definition) is 3. The number of carbonyl (C=O) groups is 1. The Bertz CT molecular complexity index is 1040. The van der Waals surface area contributed by atoms with Gasteiger partial charge in [-0.3, -0.25) is 4.79 Å². The lowest BCUT2D eigenvalue weighted by atomic mass is 10.1. The van der Waals surface area contributed by atoms with Gasteiger partial charge >= 0.3 is 0 Å². The summed E-state index contributed by atoms with van der Waals surface area (Å²) in [7, 11) is 0. The van der Waals surface area contributed by atoms with Gasteiger partial charge in [0, 0.05) is 17.3 Å². The number of amides is 1. The van der Waals surface area contributed by atoms with Crippen LogP contribution in [0.2, 0.25) is 0 Å². The van der Waals surface area contributed by atoms with E-state index in [1.807, 2.05) is 67.6 Å². The van der Waals surface area contributed by atoms with E-state index < -0.39 is 5.91 Å². The second-order valence-electron chi connectivity index (χ2n) is 6.99. The lowest BCUT2D eigenvalue weighted by molar-refractivity contribution is -0.112. The number of hydrogen-bond donors (Lipinski definition) is 1. The third-order valence-corrected chi connectivity index (χ3v) is 4.65. The molecule has 0 atom stereocenters. The second-order valence-corrected chi connectivity index (χ2v) is 6.99. The molecule has 1 heterocycles. The van der Waals surface area contributed by atoms with Crippen molar-refractivity contribution >= 4 is 17.7 Å². The molecule has 29 heavy (non-hydrogen) atoms. The third kappa shape index (κ3) is 5.46. The molecule has 0 bridgehead atoms. The highest BCUT2D eigenvalue weighted by molar-refractivity contribution is 6.09. The monoisotopic (exact) mass is 384 g/mol. The molecule has 1 aromatic heterocycles. The van der Waals surface area contributed by atoms with Crippen LogP contribution >= 0.6 is 0 Å². The highest BCUT2D eigenvalue weighted by Crippen LogP contribution is 2.24. The molecule has 0 fully saturated rings. The maximum atomic E-state index is 12.5. The number of nitriles is 1. The van der Waals surface area contributed by atoms with E-state index in [2.05, 4.69) is 12.2 Å². The Morgan fingerprint density at radius 1 is 1.07 bits per heavy atom. The maximum absolute atomic E-state index is 12.5. The summed E-state index contributed by atoms with van der Waals surface area (Å²) in [5, 5.41) is 12.2. The summed E-state index contributed by atoms with van der Waals surface area (Å²) >= 11 is 0. The highest BCUT2D eigenvalue weighted by atomic mass is 16.3. The van der Waals surface area contributed by atoms with E-state index in [9.17, 15) is 10.1 Å². The zero-order chi connectivity index (χ0) is 20.6. The minimum atomic E-state index is -0.456. The van der Waals surface area contributed by atoms with Crippen LogP contribution in [0.3, 0.4) is 0 Å². The molecule has 1 N–H and O–H groups in total. The van der Waals surface area contributed by atoms with Gasteiger partial charge in [-0.05, 0) is 49.6 Å². The zero-order valence-electron chi connectivity index (χ0n) is 16.7. The fourth-order valence-electron chi connectivity index (χ4n) is 2.93. The second kappa shape index (κ2) is 9.57. The molecular formula is C25H24N2O2. The Hall–Kier alpha value is -3.58. The van der Waals surface area contributed by atoms with Crippen molar-refractivity contribution in [3.05, 3.63) is 83.1 Å². The first-order chi connectivity index (χ1) is 14.1. The van der Waals surface area contributed by atoms with Crippen LogP contribution in [0.4, 0.5) is 5.69 Å². The molecule has 0 saturated carbocycles. The van der Waals surface area contributed by atoms with E-state index >= 15 is 0 Å². The molecule has 0 aliphatic heterocycles. The van der Waals surface area contributed by atoms with Crippen LogP contribution in [0, 0.1) is 18.3 Å². The van der Waals surface area contributed by atoms with Crippen molar-refractivity contribution in [3.63, 3.8) is 0 Å². The van der Waals surface area contributed by atoms with Crippen LogP contribution in [-0.4, -0.2) is 5.91 Å². The summed E-state index contributed by atoms with van der Waals surface area (Å²) in [6.07, 6.45) is 4.77. The summed E-state index contributed by atoms with van der Waals surface area (Å²) in [4.78, 5) is 12.5. The van der Waals surface area contributed by atoms with Gasteiger partial charge in [-0.2, -0.15) is 5.26 Å². The zero-order valence-corrected chi connectivity index (χ0v) is 16.7. The van der Waals surface area contributed by atoms with Crippen LogP contribution in [0.5, 0.6) is 0 Å². The van der Waals surface area contributed by atoms with Crippen molar-refractivity contribution in [1.82, 2.24) is 0 Å². The summed E-state index contributed by atoms with van der Waals surface area (Å²) in [6.45, 7) is 4.18. The molecule has 3 rings (SSSR count). The van der Waals surface area contributed by atoms with Gasteiger partial charge in [0.1, 0.15) is 23.2 Å². The van der Waals surface area contributed by atoms with Crippen molar-refractivity contribution in [1.29, 1.82) is 5.26 Å². The van der Waals surface area contributed by atoms with E-state index in [0.29, 0.717) is 17.2 Å². The summed E-state index contributed by atoms with van der Waals surface area (Å²) in [6, 6.07) is 21.2. The molecule has 0 saturated heterocycles. The average molecular weight is 384 g/mol. The van der Waals surface area contributed by atoms with Crippen molar-refractivity contribution < 1.29 is 9.21 Å². The molecule has 146 valence electrons. The lowest BCUT2D eigenvalue weighted by Crippen LogP contribution is -2.13. The van der Waals surface area contributed by atoms with E-state index in [1.165, 1.54) is 17.2 Å². The first kappa shape index (κ1) is 20.2. The molecule has 1 amide bonds. The van der Waals surface area contributed by atoms with E-state index in [-0.39, 0.29) is 5.57 Å². The van der Waals surface area contributed by atoms with Crippen LogP contribution in [-0.2, 0) is 11.2 Å². The van der Waals surface area contributed by atoms with Crippen molar-refractivity contribution in [2.24, 2.45) is 0 Å². The number of furan rings is 1. The Balaban J connectivity index is 1.70. The molecule has 0 radical (unpaired) electrons. The fraction of sp³-hybridized carbons (Fsp3) is 0.200. The Kier molecular flexibility index (Phi) is 6.65. The number of rotatable bonds is 7. The largest absolute Gasteiger partial charge is 0.457 e. The van der Waals surface area contributed by atoms with Gasteiger partial charge in [-0.25, -0.2) is 0 Å². The van der Waals surface area contributed by atoms with Crippen LogP contribution in [0.1, 0.15) is 36.7 Å². The minimum Gasteiger partial charge on any atom is -0.457 e. The molecule has 0 aliphatic rings. The Labute approximate surface area is 171 Å². The van der Waals surface area contributed by atoms with Crippen molar-refractivity contribution in [2.45, 2.75) is 33.1 Å². The summed E-state index contributed by atoms with van der Waals surface area (Å²) < 4.78 is 5.79. The van der Waals surface area contributed by atoms with Crippen LogP contribution in [0.15, 0.2) is 70.7 Å². The molecule has 0 unspecified atom stereocenters. The predicted octanol–water partition coefficient (Wildman–Crippen LogP) is 6.14. The summed E-state index contributed by atoms with van der Waals surface area (Å²) in [5.41, 5.74) is 4.00. The number of anilines is 1. The molecule has 3 aromatic rings. The topological polar surface area (TPSA) is 66.0 Å². The SMILES string of the molecule is CCCCc1ccc(NC(=O)/C(C#N)=C/c2ccc(-c3ccc(C)cc3)o2)cc1. The van der Waals surface area contributed by atoms with Crippen molar-refractivity contribution in [3.8, 4) is 17.4 Å². The van der Waals surface area contributed by atoms with E-state index in [1.54, 1.807) is 6.07 Å². The van der Waals surface area contributed by atoms with Gasteiger partial charge in [-0.1, -0.05) is 55.3 Å². The third-order valence-electron chi connectivity index (χ3n) is 4.65. The normalized spacial score (nSPS) is 11.1. The molecule has 0 aliphatic carbocycles. The average Bonchev–Trinajstić information content (AvgIpc) is 3.20. The maximum Gasteiger partial charge on any atom is 0.266 e. The van der Waals surface area contributed by atoms with Gasteiger partial charge < -0.3 is 9.73 Å². The number of unbranched alkanes of at least 4 members (excludes halogenated alkanes) is 1. The Morgan fingerprint density at radius 3 is 2.45 bits per heavy atom. The smallest absolute Gasteiger partial charge is 0.266 e. The number of benzene rings is 2.